The van der Waals surface area contributed by atoms with Crippen molar-refractivity contribution in [2.24, 2.45) is 0 Å². The van der Waals surface area contributed by atoms with E-state index in [4.69, 9.17) is 4.84 Å². The number of hydrogen-bond acceptors (Lipinski definition) is 5. The largest absolute Gasteiger partial charge is 0.391 e. The quantitative estimate of drug-likeness (QED) is 0.914. The number of β-amino-alcohol motifs (C(OH)–C–C–N with tert-alkyl or cyclic N) is 1. The number of likely N-dealkylation sites (tertiary alicyclic amines) is 1. The molecule has 23 heavy (non-hydrogen) atoms. The van der Waals surface area contributed by atoms with Crippen molar-refractivity contribution < 1.29 is 14.7 Å². The standard InChI is InChI=1S/C17H26N2O3S/c1-13-6-11-23-17(13)14-4-8-18(12-15(14)20)16(21)5-9-19-7-2-3-10-22-19/h6,11,14-15,20H,2-5,7-10,12H2,1H3/t14-,15-/m1/s1. The summed E-state index contributed by atoms with van der Waals surface area (Å²) in [6.07, 6.45) is 3.09. The number of hydroxylamine groups is 2. The first-order valence-corrected chi connectivity index (χ1v) is 9.41. The van der Waals surface area contributed by atoms with Gasteiger partial charge in [-0.1, -0.05) is 0 Å². The maximum absolute atomic E-state index is 12.4. The molecule has 3 heterocycles. The molecular formula is C17H26N2O3S. The summed E-state index contributed by atoms with van der Waals surface area (Å²) in [6.45, 7) is 5.60. The second kappa shape index (κ2) is 7.75. The molecule has 0 aromatic carbocycles. The number of aliphatic hydroxyl groups is 1. The zero-order chi connectivity index (χ0) is 16.2. The summed E-state index contributed by atoms with van der Waals surface area (Å²) in [5, 5.41) is 14.5. The van der Waals surface area contributed by atoms with Crippen molar-refractivity contribution in [3.05, 3.63) is 21.9 Å². The zero-order valence-electron chi connectivity index (χ0n) is 13.7. The van der Waals surface area contributed by atoms with E-state index in [0.29, 0.717) is 19.5 Å². The van der Waals surface area contributed by atoms with Gasteiger partial charge in [0.1, 0.15) is 0 Å². The van der Waals surface area contributed by atoms with Gasteiger partial charge in [0.2, 0.25) is 5.91 Å². The molecule has 2 fully saturated rings. The van der Waals surface area contributed by atoms with Crippen LogP contribution in [0.5, 0.6) is 0 Å². The van der Waals surface area contributed by atoms with E-state index in [1.165, 1.54) is 10.4 Å². The van der Waals surface area contributed by atoms with Crippen molar-refractivity contribution in [1.29, 1.82) is 0 Å². The number of rotatable bonds is 4. The highest BCUT2D eigenvalue weighted by atomic mass is 32.1. The van der Waals surface area contributed by atoms with Crippen LogP contribution in [0.15, 0.2) is 11.4 Å². The van der Waals surface area contributed by atoms with Gasteiger partial charge in [0.15, 0.2) is 0 Å². The molecule has 5 nitrogen and oxygen atoms in total. The van der Waals surface area contributed by atoms with Crippen LogP contribution in [0.25, 0.3) is 0 Å². The van der Waals surface area contributed by atoms with Crippen LogP contribution in [0.3, 0.4) is 0 Å². The van der Waals surface area contributed by atoms with Crippen LogP contribution in [0.1, 0.15) is 42.0 Å². The Morgan fingerprint density at radius 1 is 1.43 bits per heavy atom. The summed E-state index contributed by atoms with van der Waals surface area (Å²) in [7, 11) is 0. The van der Waals surface area contributed by atoms with Gasteiger partial charge >= 0.3 is 0 Å². The van der Waals surface area contributed by atoms with Crippen molar-refractivity contribution >= 4 is 17.2 Å². The van der Waals surface area contributed by atoms with Gasteiger partial charge in [-0.05, 0) is 43.2 Å². The topological polar surface area (TPSA) is 53.0 Å². The molecule has 0 saturated carbocycles. The van der Waals surface area contributed by atoms with Gasteiger partial charge < -0.3 is 10.0 Å². The molecule has 0 aliphatic carbocycles. The Morgan fingerprint density at radius 2 is 2.30 bits per heavy atom. The first-order valence-electron chi connectivity index (χ1n) is 8.53. The molecule has 1 aromatic heterocycles. The molecule has 2 saturated heterocycles. The Labute approximate surface area is 141 Å². The fraction of sp³-hybridized carbons (Fsp3) is 0.706. The van der Waals surface area contributed by atoms with Crippen LogP contribution >= 0.6 is 11.3 Å². The van der Waals surface area contributed by atoms with Crippen molar-refractivity contribution in [1.82, 2.24) is 9.96 Å². The molecule has 1 N–H and O–H groups in total. The Balaban J connectivity index is 1.49. The lowest BCUT2D eigenvalue weighted by Gasteiger charge is -2.36. The molecule has 6 heteroatoms. The average molecular weight is 338 g/mol. The number of aliphatic hydroxyl groups excluding tert-OH is 1. The monoisotopic (exact) mass is 338 g/mol. The van der Waals surface area contributed by atoms with E-state index in [1.807, 2.05) is 9.96 Å². The predicted octanol–water partition coefficient (Wildman–Crippen LogP) is 2.15. The second-order valence-electron chi connectivity index (χ2n) is 6.49. The summed E-state index contributed by atoms with van der Waals surface area (Å²) in [4.78, 5) is 21.0. The highest BCUT2D eigenvalue weighted by Gasteiger charge is 2.32. The summed E-state index contributed by atoms with van der Waals surface area (Å²) in [6, 6.07) is 2.10. The molecule has 2 atom stereocenters. The summed E-state index contributed by atoms with van der Waals surface area (Å²) in [5.74, 6) is 0.295. The molecule has 0 spiro atoms. The molecule has 0 unspecified atom stereocenters. The average Bonchev–Trinajstić information content (AvgIpc) is 2.99. The van der Waals surface area contributed by atoms with Crippen LogP contribution in [0.2, 0.25) is 0 Å². The third-order valence-electron chi connectivity index (χ3n) is 4.82. The van der Waals surface area contributed by atoms with Gasteiger partial charge in [0.25, 0.3) is 0 Å². The van der Waals surface area contributed by atoms with Crippen molar-refractivity contribution in [3.63, 3.8) is 0 Å². The third kappa shape index (κ3) is 4.12. The molecule has 1 amide bonds. The number of hydrogen-bond donors (Lipinski definition) is 1. The first-order chi connectivity index (χ1) is 11.1. The zero-order valence-corrected chi connectivity index (χ0v) is 14.6. The predicted molar refractivity (Wildman–Crippen MR) is 90.4 cm³/mol. The van der Waals surface area contributed by atoms with Gasteiger partial charge in [-0.3, -0.25) is 9.63 Å². The van der Waals surface area contributed by atoms with Crippen LogP contribution in [0.4, 0.5) is 0 Å². The molecule has 1 aromatic rings. The fourth-order valence-corrected chi connectivity index (χ4v) is 4.55. The summed E-state index contributed by atoms with van der Waals surface area (Å²) in [5.41, 5.74) is 1.25. The lowest BCUT2D eigenvalue weighted by Crippen LogP contribution is -2.46. The summed E-state index contributed by atoms with van der Waals surface area (Å²) < 4.78 is 0. The maximum atomic E-state index is 12.4. The van der Waals surface area contributed by atoms with E-state index in [0.717, 1.165) is 39.0 Å². The van der Waals surface area contributed by atoms with Gasteiger partial charge in [-0.25, -0.2) is 0 Å². The smallest absolute Gasteiger partial charge is 0.224 e. The van der Waals surface area contributed by atoms with E-state index in [2.05, 4.69) is 18.4 Å². The van der Waals surface area contributed by atoms with Crippen LogP contribution in [-0.4, -0.2) is 59.9 Å². The minimum Gasteiger partial charge on any atom is -0.391 e. The number of nitrogens with zero attached hydrogens (tertiary/aromatic N) is 2. The Kier molecular flexibility index (Phi) is 5.69. The van der Waals surface area contributed by atoms with Crippen molar-refractivity contribution in [2.75, 3.05) is 32.8 Å². The summed E-state index contributed by atoms with van der Waals surface area (Å²) >= 11 is 1.71. The van der Waals surface area contributed by atoms with E-state index in [-0.39, 0.29) is 11.8 Å². The minimum absolute atomic E-state index is 0.125. The Hall–Kier alpha value is -0.950. The number of amides is 1. The molecule has 3 rings (SSSR count). The van der Waals surface area contributed by atoms with Gasteiger partial charge in [0, 0.05) is 43.4 Å². The number of carbonyl (C=O) groups excluding carboxylic acids is 1. The molecule has 0 radical (unpaired) electrons. The first kappa shape index (κ1) is 16.9. The molecule has 0 bridgehead atoms. The maximum Gasteiger partial charge on any atom is 0.224 e. The molecular weight excluding hydrogens is 312 g/mol. The van der Waals surface area contributed by atoms with E-state index >= 15 is 0 Å². The number of carbonyl (C=O) groups is 1. The molecule has 128 valence electrons. The fourth-order valence-electron chi connectivity index (χ4n) is 3.43. The molecule has 2 aliphatic rings. The van der Waals surface area contributed by atoms with Crippen molar-refractivity contribution in [2.45, 2.75) is 44.6 Å². The van der Waals surface area contributed by atoms with E-state index in [9.17, 15) is 9.90 Å². The van der Waals surface area contributed by atoms with E-state index in [1.54, 1.807) is 11.3 Å². The van der Waals surface area contributed by atoms with Gasteiger partial charge in [-0.15, -0.1) is 11.3 Å². The third-order valence-corrected chi connectivity index (χ3v) is 5.97. The molecule has 2 aliphatic heterocycles. The van der Waals surface area contributed by atoms with E-state index < -0.39 is 6.10 Å². The van der Waals surface area contributed by atoms with Crippen LogP contribution in [-0.2, 0) is 9.63 Å². The Morgan fingerprint density at radius 3 is 2.96 bits per heavy atom. The lowest BCUT2D eigenvalue weighted by atomic mass is 9.90. The van der Waals surface area contributed by atoms with Gasteiger partial charge in [0.05, 0.1) is 12.7 Å². The highest BCUT2D eigenvalue weighted by molar-refractivity contribution is 7.10. The number of aryl methyl sites for hydroxylation is 1. The second-order valence-corrected chi connectivity index (χ2v) is 7.44. The SMILES string of the molecule is Cc1ccsc1[C@@H]1CCN(C(=O)CCN2CCCCO2)C[C@H]1O. The normalized spacial score (nSPS) is 26.4. The number of piperidine rings is 1. The van der Waals surface area contributed by atoms with Gasteiger partial charge in [-0.2, -0.15) is 5.06 Å². The van der Waals surface area contributed by atoms with Crippen LogP contribution in [0, 0.1) is 6.92 Å². The van der Waals surface area contributed by atoms with Crippen LogP contribution < -0.4 is 0 Å². The highest BCUT2D eigenvalue weighted by Crippen LogP contribution is 2.34. The Bertz CT molecular complexity index is 528. The van der Waals surface area contributed by atoms with Crippen molar-refractivity contribution in [3.8, 4) is 0 Å². The minimum atomic E-state index is -0.462. The lowest BCUT2D eigenvalue weighted by molar-refractivity contribution is -0.183. The number of thiophene rings is 1.